The summed E-state index contributed by atoms with van der Waals surface area (Å²) in [6.45, 7) is 6.07. The lowest BCUT2D eigenvalue weighted by atomic mass is 10.1. The average molecular weight is 458 g/mol. The third-order valence-corrected chi connectivity index (χ3v) is 6.89. The van der Waals surface area contributed by atoms with Gasteiger partial charge in [0.2, 0.25) is 9.84 Å². The van der Waals surface area contributed by atoms with Crippen molar-refractivity contribution in [2.24, 2.45) is 0 Å². The summed E-state index contributed by atoms with van der Waals surface area (Å²) in [4.78, 5) is 24.3. The highest BCUT2D eigenvalue weighted by Crippen LogP contribution is 2.34. The van der Waals surface area contributed by atoms with E-state index in [0.717, 1.165) is 17.7 Å². The molecule has 1 aromatic heterocycles. The minimum atomic E-state index is -3.90. The molecule has 0 spiro atoms. The molecule has 0 aliphatic carbocycles. The van der Waals surface area contributed by atoms with Crippen LogP contribution in [0.25, 0.3) is 11.0 Å². The van der Waals surface area contributed by atoms with E-state index in [1.807, 2.05) is 0 Å². The predicted octanol–water partition coefficient (Wildman–Crippen LogP) is 4.47. The number of carbonyl (C=O) groups is 1. The van der Waals surface area contributed by atoms with Crippen LogP contribution in [0.1, 0.15) is 32.1 Å². The van der Waals surface area contributed by atoms with Gasteiger partial charge in [0.15, 0.2) is 0 Å². The molecule has 32 heavy (non-hydrogen) atoms. The van der Waals surface area contributed by atoms with E-state index >= 15 is 0 Å². The number of nitro groups is 1. The molecule has 1 aliphatic heterocycles. The second-order valence-electron chi connectivity index (χ2n) is 8.57. The summed E-state index contributed by atoms with van der Waals surface area (Å²) < 4.78 is 37.5. The van der Waals surface area contributed by atoms with Crippen molar-refractivity contribution < 1.29 is 27.3 Å². The van der Waals surface area contributed by atoms with E-state index in [1.54, 1.807) is 31.7 Å². The molecule has 0 radical (unpaired) electrons. The van der Waals surface area contributed by atoms with Crippen LogP contribution in [0.2, 0.25) is 0 Å². The Labute approximate surface area is 184 Å². The molecule has 9 nitrogen and oxygen atoms in total. The molecule has 168 valence electrons. The molecule has 4 rings (SSSR count). The molecular formula is C22H22N2O7S. The molecule has 0 saturated heterocycles. The van der Waals surface area contributed by atoms with Gasteiger partial charge in [0, 0.05) is 36.0 Å². The van der Waals surface area contributed by atoms with Crippen LogP contribution >= 0.6 is 0 Å². The summed E-state index contributed by atoms with van der Waals surface area (Å²) in [6.07, 6.45) is 0.0559. The Bertz CT molecular complexity index is 1320. The van der Waals surface area contributed by atoms with Crippen molar-refractivity contribution in [1.29, 1.82) is 0 Å². The van der Waals surface area contributed by atoms with Gasteiger partial charge in [0.05, 0.1) is 21.3 Å². The molecule has 0 unspecified atom stereocenters. The zero-order valence-corrected chi connectivity index (χ0v) is 18.6. The Morgan fingerprint density at radius 3 is 2.41 bits per heavy atom. The molecule has 2 heterocycles. The fourth-order valence-electron chi connectivity index (χ4n) is 3.59. The zero-order valence-electron chi connectivity index (χ0n) is 17.8. The lowest BCUT2D eigenvalue weighted by molar-refractivity contribution is -0.384. The van der Waals surface area contributed by atoms with E-state index in [2.05, 4.69) is 0 Å². The molecular weight excluding hydrogens is 436 g/mol. The summed E-state index contributed by atoms with van der Waals surface area (Å²) >= 11 is 0. The maximum atomic E-state index is 13.1. The topological polar surface area (TPSA) is 120 Å². The Balaban J connectivity index is 1.69. The summed E-state index contributed by atoms with van der Waals surface area (Å²) in [5, 5.41) is 11.5. The third-order valence-electron chi connectivity index (χ3n) is 5.12. The Morgan fingerprint density at radius 1 is 1.12 bits per heavy atom. The van der Waals surface area contributed by atoms with Crippen LogP contribution in [0.15, 0.2) is 56.7 Å². The second-order valence-corrected chi connectivity index (χ2v) is 10.5. The molecule has 3 aromatic rings. The minimum absolute atomic E-state index is 0.0387. The first kappa shape index (κ1) is 21.8. The number of furan rings is 1. The van der Waals surface area contributed by atoms with Crippen molar-refractivity contribution >= 4 is 32.6 Å². The van der Waals surface area contributed by atoms with Gasteiger partial charge in [-0.05, 0) is 51.1 Å². The number of benzene rings is 2. The number of hydrogen-bond donors (Lipinski definition) is 0. The van der Waals surface area contributed by atoms with Gasteiger partial charge in [-0.15, -0.1) is 0 Å². The first-order valence-electron chi connectivity index (χ1n) is 9.97. The van der Waals surface area contributed by atoms with Crippen LogP contribution in [-0.4, -0.2) is 36.5 Å². The molecule has 1 amide bonds. The fourth-order valence-corrected chi connectivity index (χ4v) is 4.88. The van der Waals surface area contributed by atoms with E-state index in [1.165, 1.54) is 24.3 Å². The van der Waals surface area contributed by atoms with E-state index < -0.39 is 26.5 Å². The van der Waals surface area contributed by atoms with Gasteiger partial charge in [-0.2, -0.15) is 0 Å². The van der Waals surface area contributed by atoms with Crippen molar-refractivity contribution in [1.82, 2.24) is 4.90 Å². The van der Waals surface area contributed by atoms with Crippen molar-refractivity contribution in [3.05, 3.63) is 63.9 Å². The number of ether oxygens (including phenoxy) is 1. The number of hydrogen-bond acceptors (Lipinski definition) is 7. The SMILES string of the molecule is CC(C)(C)OC(=O)N1CCc2oc3ccc(S(=O)(=O)c4ccc([N+](=O)[O-])cc4)cc3c2C1. The van der Waals surface area contributed by atoms with Gasteiger partial charge < -0.3 is 14.1 Å². The second kappa shape index (κ2) is 7.63. The number of amides is 1. The Morgan fingerprint density at radius 2 is 1.78 bits per heavy atom. The Hall–Kier alpha value is -3.40. The lowest BCUT2D eigenvalue weighted by Gasteiger charge is -2.29. The van der Waals surface area contributed by atoms with Crippen molar-refractivity contribution in [3.63, 3.8) is 0 Å². The van der Waals surface area contributed by atoms with Crippen LogP contribution in [0, 0.1) is 10.1 Å². The summed E-state index contributed by atoms with van der Waals surface area (Å²) in [5.74, 6) is 0.713. The molecule has 0 bridgehead atoms. The molecule has 0 atom stereocenters. The fraction of sp³-hybridized carbons (Fsp3) is 0.318. The van der Waals surface area contributed by atoms with E-state index in [-0.39, 0.29) is 22.0 Å². The van der Waals surface area contributed by atoms with Crippen molar-refractivity contribution in [2.75, 3.05) is 6.54 Å². The smallest absolute Gasteiger partial charge is 0.410 e. The lowest BCUT2D eigenvalue weighted by Crippen LogP contribution is -2.39. The molecule has 0 fully saturated rings. The normalized spacial score (nSPS) is 14.3. The van der Waals surface area contributed by atoms with E-state index in [4.69, 9.17) is 9.15 Å². The van der Waals surface area contributed by atoms with E-state index in [0.29, 0.717) is 29.7 Å². The quantitative estimate of drug-likeness (QED) is 0.419. The Kier molecular flexibility index (Phi) is 5.20. The molecule has 0 saturated carbocycles. The number of sulfone groups is 1. The average Bonchev–Trinajstić information content (AvgIpc) is 3.09. The number of non-ortho nitro benzene ring substituents is 1. The third kappa shape index (κ3) is 4.05. The van der Waals surface area contributed by atoms with Gasteiger partial charge in [-0.25, -0.2) is 13.2 Å². The van der Waals surface area contributed by atoms with Gasteiger partial charge in [-0.1, -0.05) is 0 Å². The summed E-state index contributed by atoms with van der Waals surface area (Å²) in [7, 11) is -3.90. The van der Waals surface area contributed by atoms with Crippen LogP contribution in [-0.2, 0) is 27.5 Å². The molecule has 10 heteroatoms. The van der Waals surface area contributed by atoms with Crippen molar-refractivity contribution in [3.8, 4) is 0 Å². The molecule has 2 aromatic carbocycles. The van der Waals surface area contributed by atoms with Crippen molar-refractivity contribution in [2.45, 2.75) is 49.1 Å². The maximum absolute atomic E-state index is 13.1. The summed E-state index contributed by atoms with van der Waals surface area (Å²) in [6, 6.07) is 9.30. The maximum Gasteiger partial charge on any atom is 0.410 e. The highest BCUT2D eigenvalue weighted by Gasteiger charge is 2.30. The van der Waals surface area contributed by atoms with Gasteiger partial charge in [0.25, 0.3) is 5.69 Å². The highest BCUT2D eigenvalue weighted by atomic mass is 32.2. The van der Waals surface area contributed by atoms with E-state index in [9.17, 15) is 23.3 Å². The van der Waals surface area contributed by atoms with Crippen LogP contribution in [0.3, 0.4) is 0 Å². The largest absolute Gasteiger partial charge is 0.461 e. The number of rotatable bonds is 3. The first-order valence-corrected chi connectivity index (χ1v) is 11.5. The zero-order chi connectivity index (χ0) is 23.3. The van der Waals surface area contributed by atoms with Crippen LogP contribution in [0.5, 0.6) is 0 Å². The number of nitrogens with zero attached hydrogens (tertiary/aromatic N) is 2. The first-order chi connectivity index (χ1) is 15.0. The van der Waals surface area contributed by atoms with Crippen LogP contribution in [0.4, 0.5) is 10.5 Å². The van der Waals surface area contributed by atoms with Gasteiger partial charge >= 0.3 is 6.09 Å². The number of fused-ring (bicyclic) bond motifs is 3. The van der Waals surface area contributed by atoms with Crippen LogP contribution < -0.4 is 0 Å². The molecule has 0 N–H and O–H groups in total. The summed E-state index contributed by atoms with van der Waals surface area (Å²) in [5.41, 5.74) is 0.467. The minimum Gasteiger partial charge on any atom is -0.461 e. The monoisotopic (exact) mass is 458 g/mol. The van der Waals surface area contributed by atoms with Gasteiger partial charge in [0.1, 0.15) is 16.9 Å². The number of carbonyl (C=O) groups excluding carboxylic acids is 1. The number of nitro benzene ring substituents is 1. The van der Waals surface area contributed by atoms with Gasteiger partial charge in [-0.3, -0.25) is 10.1 Å². The highest BCUT2D eigenvalue weighted by molar-refractivity contribution is 7.91. The standard InChI is InChI=1S/C22H22N2O7S/c1-22(2,3)31-21(25)23-11-10-20-18(13-23)17-12-16(8-9-19(17)30-20)32(28,29)15-6-4-14(5-7-15)24(26)27/h4-9,12H,10-11,13H2,1-3H3. The molecule has 1 aliphatic rings. The predicted molar refractivity (Wildman–Crippen MR) is 115 cm³/mol.